The van der Waals surface area contributed by atoms with E-state index < -0.39 is 53.6 Å². The van der Waals surface area contributed by atoms with Crippen molar-refractivity contribution in [3.05, 3.63) is 52.1 Å². The summed E-state index contributed by atoms with van der Waals surface area (Å²) >= 11 is 0. The lowest BCUT2D eigenvalue weighted by atomic mass is 9.89. The van der Waals surface area contributed by atoms with Crippen LogP contribution in [0.15, 0.2) is 18.2 Å². The van der Waals surface area contributed by atoms with E-state index in [4.69, 9.17) is 4.74 Å². The number of carbonyl (C=O) groups is 4. The van der Waals surface area contributed by atoms with Crippen LogP contribution in [0.25, 0.3) is 0 Å². The molecular weight excluding hydrogens is 514 g/mol. The SMILES string of the molecule is Cc1cc(C(F)(F)F)nn1C1CC(OC(=O)NCc2ccc3c(c2F)C(=O)N([C@H]2CCC(=O)NC2=O)C3)C1. The fraction of sp³-hybridized carbons (Fsp3) is 0.458. The van der Waals surface area contributed by atoms with Crippen LogP contribution in [0.3, 0.4) is 0 Å². The average molecular weight is 537 g/mol. The Morgan fingerprint density at radius 2 is 1.97 bits per heavy atom. The monoisotopic (exact) mass is 537 g/mol. The number of fused-ring (bicyclic) bond motifs is 1. The van der Waals surface area contributed by atoms with Crippen LogP contribution >= 0.6 is 0 Å². The molecule has 3 heterocycles. The maximum atomic E-state index is 15.2. The fourth-order valence-corrected chi connectivity index (χ4v) is 4.98. The van der Waals surface area contributed by atoms with E-state index >= 15 is 4.39 Å². The summed E-state index contributed by atoms with van der Waals surface area (Å²) in [6, 6.07) is 2.72. The highest BCUT2D eigenvalue weighted by atomic mass is 19.4. The van der Waals surface area contributed by atoms with Crippen molar-refractivity contribution in [3.8, 4) is 0 Å². The third-order valence-electron chi connectivity index (χ3n) is 7.04. The van der Waals surface area contributed by atoms with Crippen LogP contribution in [0.5, 0.6) is 0 Å². The zero-order valence-electron chi connectivity index (χ0n) is 20.1. The number of halogens is 4. The topological polar surface area (TPSA) is 123 Å². The molecule has 2 fully saturated rings. The Morgan fingerprint density at radius 1 is 1.24 bits per heavy atom. The first-order valence-corrected chi connectivity index (χ1v) is 11.9. The second-order valence-electron chi connectivity index (χ2n) is 9.59. The summed E-state index contributed by atoms with van der Waals surface area (Å²) in [5.74, 6) is -2.51. The van der Waals surface area contributed by atoms with Crippen molar-refractivity contribution in [1.82, 2.24) is 25.3 Å². The highest BCUT2D eigenvalue weighted by Gasteiger charge is 2.41. The van der Waals surface area contributed by atoms with Gasteiger partial charge in [-0.15, -0.1) is 0 Å². The van der Waals surface area contributed by atoms with Gasteiger partial charge in [0, 0.05) is 43.6 Å². The second-order valence-corrected chi connectivity index (χ2v) is 9.59. The summed E-state index contributed by atoms with van der Waals surface area (Å²) in [6.07, 6.45) is -5.12. The van der Waals surface area contributed by atoms with E-state index in [1.54, 1.807) is 6.07 Å². The number of benzene rings is 1. The van der Waals surface area contributed by atoms with Crippen molar-refractivity contribution in [1.29, 1.82) is 0 Å². The molecule has 1 aromatic carbocycles. The van der Waals surface area contributed by atoms with Gasteiger partial charge in [0.2, 0.25) is 11.8 Å². The van der Waals surface area contributed by atoms with E-state index in [0.29, 0.717) is 11.3 Å². The molecule has 202 valence electrons. The molecule has 4 amide bonds. The number of carbonyl (C=O) groups excluding carboxylic acids is 4. The smallest absolute Gasteiger partial charge is 0.435 e. The number of imide groups is 1. The number of amides is 4. The number of hydrogen-bond donors (Lipinski definition) is 2. The largest absolute Gasteiger partial charge is 0.446 e. The number of hydrogen-bond acceptors (Lipinski definition) is 6. The molecule has 0 radical (unpaired) electrons. The molecular formula is C24H23F4N5O5. The first-order chi connectivity index (χ1) is 17.9. The molecule has 2 aromatic rings. The van der Waals surface area contributed by atoms with Crippen LogP contribution in [-0.4, -0.2) is 50.6 Å². The van der Waals surface area contributed by atoms with E-state index in [9.17, 15) is 32.3 Å². The average Bonchev–Trinajstić information content (AvgIpc) is 3.36. The maximum Gasteiger partial charge on any atom is 0.435 e. The standard InChI is InChI=1S/C24H23F4N5O5/c1-11-6-17(24(26,27)28)31-33(11)14-7-15(8-14)38-23(37)29-9-12-2-3-13-10-32(22(36)19(13)20(12)25)16-4-5-18(34)30-21(16)35/h2-3,6,14-16H,4-5,7-10H2,1H3,(H,29,37)(H,30,34,35)/t14?,15?,16-/m0/s1. The Morgan fingerprint density at radius 3 is 2.63 bits per heavy atom. The zero-order valence-corrected chi connectivity index (χ0v) is 20.1. The molecule has 1 atom stereocenters. The number of piperidine rings is 1. The van der Waals surface area contributed by atoms with Crippen LogP contribution < -0.4 is 10.6 Å². The van der Waals surface area contributed by atoms with E-state index in [1.165, 1.54) is 22.6 Å². The molecule has 38 heavy (non-hydrogen) atoms. The van der Waals surface area contributed by atoms with Crippen LogP contribution in [0.2, 0.25) is 0 Å². The normalized spacial score (nSPS) is 23.1. The van der Waals surface area contributed by atoms with Gasteiger partial charge in [0.1, 0.15) is 18.0 Å². The maximum absolute atomic E-state index is 15.2. The van der Waals surface area contributed by atoms with Gasteiger partial charge in [-0.3, -0.25) is 24.4 Å². The number of alkyl carbamates (subject to hydrolysis) is 1. The minimum atomic E-state index is -4.55. The lowest BCUT2D eigenvalue weighted by Crippen LogP contribution is -2.52. The number of aromatic nitrogens is 2. The summed E-state index contributed by atoms with van der Waals surface area (Å²) < 4.78 is 60.3. The van der Waals surface area contributed by atoms with Crippen molar-refractivity contribution in [2.45, 2.75) is 70.1 Å². The molecule has 10 nitrogen and oxygen atoms in total. The number of ether oxygens (including phenoxy) is 1. The van der Waals surface area contributed by atoms with E-state index in [1.807, 2.05) is 0 Å². The Hall–Kier alpha value is -3.97. The summed E-state index contributed by atoms with van der Waals surface area (Å²) in [7, 11) is 0. The Labute approximate surface area is 213 Å². The van der Waals surface area contributed by atoms with Gasteiger partial charge in [-0.25, -0.2) is 9.18 Å². The third-order valence-corrected chi connectivity index (χ3v) is 7.04. The molecule has 0 unspecified atom stereocenters. The van der Waals surface area contributed by atoms with Crippen LogP contribution in [0, 0.1) is 12.7 Å². The van der Waals surface area contributed by atoms with Crippen molar-refractivity contribution in [3.63, 3.8) is 0 Å². The molecule has 3 aliphatic rings. The van der Waals surface area contributed by atoms with Crippen LogP contribution in [-0.2, 0) is 33.6 Å². The lowest BCUT2D eigenvalue weighted by molar-refractivity contribution is -0.142. The molecule has 1 aliphatic carbocycles. The van der Waals surface area contributed by atoms with E-state index in [2.05, 4.69) is 15.7 Å². The molecule has 5 rings (SSSR count). The Bertz CT molecular complexity index is 1330. The summed E-state index contributed by atoms with van der Waals surface area (Å²) in [4.78, 5) is 49.9. The number of rotatable bonds is 5. The minimum Gasteiger partial charge on any atom is -0.446 e. The molecule has 14 heteroatoms. The molecule has 2 N–H and O–H groups in total. The van der Waals surface area contributed by atoms with E-state index in [0.717, 1.165) is 6.07 Å². The Balaban J connectivity index is 1.15. The van der Waals surface area contributed by atoms with Crippen molar-refractivity contribution < 1.29 is 41.5 Å². The zero-order chi connectivity index (χ0) is 27.4. The van der Waals surface area contributed by atoms with Gasteiger partial charge < -0.3 is 15.0 Å². The summed E-state index contributed by atoms with van der Waals surface area (Å²) in [5, 5.41) is 8.21. The quantitative estimate of drug-likeness (QED) is 0.447. The van der Waals surface area contributed by atoms with Gasteiger partial charge >= 0.3 is 12.3 Å². The molecule has 0 bridgehead atoms. The van der Waals surface area contributed by atoms with Gasteiger partial charge in [0.05, 0.1) is 11.6 Å². The van der Waals surface area contributed by atoms with Gasteiger partial charge in [-0.2, -0.15) is 18.3 Å². The first-order valence-electron chi connectivity index (χ1n) is 11.9. The molecule has 1 aromatic heterocycles. The molecule has 0 spiro atoms. The predicted molar refractivity (Wildman–Crippen MR) is 120 cm³/mol. The fourth-order valence-electron chi connectivity index (χ4n) is 4.98. The predicted octanol–water partition coefficient (Wildman–Crippen LogP) is 2.74. The Kier molecular flexibility index (Phi) is 6.35. The van der Waals surface area contributed by atoms with Gasteiger partial charge in [0.15, 0.2) is 5.69 Å². The molecule has 1 saturated heterocycles. The molecule has 1 saturated carbocycles. The van der Waals surface area contributed by atoms with Crippen LogP contribution in [0.1, 0.15) is 64.6 Å². The molecule has 2 aliphatic heterocycles. The number of nitrogens with one attached hydrogen (secondary N) is 2. The summed E-state index contributed by atoms with van der Waals surface area (Å²) in [6.45, 7) is 1.27. The highest BCUT2D eigenvalue weighted by Crippen LogP contribution is 2.37. The van der Waals surface area contributed by atoms with Gasteiger partial charge in [-0.05, 0) is 25.0 Å². The van der Waals surface area contributed by atoms with E-state index in [-0.39, 0.29) is 55.9 Å². The van der Waals surface area contributed by atoms with Gasteiger partial charge in [-0.1, -0.05) is 12.1 Å². The summed E-state index contributed by atoms with van der Waals surface area (Å²) in [5.41, 5.74) is -0.378. The van der Waals surface area contributed by atoms with Gasteiger partial charge in [0.25, 0.3) is 5.91 Å². The van der Waals surface area contributed by atoms with Crippen molar-refractivity contribution in [2.24, 2.45) is 0 Å². The second kappa shape index (κ2) is 9.40. The number of nitrogens with zero attached hydrogens (tertiary/aromatic N) is 3. The first kappa shape index (κ1) is 25.7. The lowest BCUT2D eigenvalue weighted by Gasteiger charge is -2.35. The minimum absolute atomic E-state index is 0.0240. The highest BCUT2D eigenvalue weighted by molar-refractivity contribution is 6.05. The van der Waals surface area contributed by atoms with Crippen molar-refractivity contribution in [2.75, 3.05) is 0 Å². The van der Waals surface area contributed by atoms with Crippen LogP contribution in [0.4, 0.5) is 22.4 Å². The number of aryl methyl sites for hydroxylation is 1. The third kappa shape index (κ3) is 4.70. The number of alkyl halides is 3. The van der Waals surface area contributed by atoms with Crippen molar-refractivity contribution >= 4 is 23.8 Å².